The summed E-state index contributed by atoms with van der Waals surface area (Å²) in [6, 6.07) is 9.46. The number of halogens is 2. The first kappa shape index (κ1) is 28.0. The Morgan fingerprint density at radius 1 is 1.07 bits per heavy atom. The molecule has 1 saturated heterocycles. The number of aromatic nitrogens is 1. The predicted molar refractivity (Wildman–Crippen MR) is 148 cm³/mol. The number of nitrogens with zero attached hydrogens (tertiary/aromatic N) is 1. The zero-order valence-electron chi connectivity index (χ0n) is 20.4. The molecule has 0 radical (unpaired) electrons. The number of anilines is 1. The van der Waals surface area contributed by atoms with E-state index in [4.69, 9.17) is 32.7 Å². The molecule has 5 rings (SSSR count). The van der Waals surface area contributed by atoms with Gasteiger partial charge in [-0.25, -0.2) is 0 Å². The van der Waals surface area contributed by atoms with Crippen molar-refractivity contribution in [1.82, 2.24) is 9.88 Å². The Hall–Kier alpha value is -3.52. The van der Waals surface area contributed by atoms with Crippen LogP contribution in [0.15, 0.2) is 46.2 Å². The summed E-state index contributed by atoms with van der Waals surface area (Å²) in [4.78, 5) is 65.9. The molecule has 15 heteroatoms. The lowest BCUT2D eigenvalue weighted by Gasteiger charge is -2.30. The summed E-state index contributed by atoms with van der Waals surface area (Å²) in [6.07, 6.45) is 0. The van der Waals surface area contributed by atoms with Gasteiger partial charge in [0.25, 0.3) is 5.91 Å². The van der Waals surface area contributed by atoms with Crippen LogP contribution in [0.5, 0.6) is 11.5 Å². The van der Waals surface area contributed by atoms with Crippen molar-refractivity contribution >= 4 is 75.7 Å². The summed E-state index contributed by atoms with van der Waals surface area (Å²) in [5.41, 5.74) is 0.985. The zero-order valence-corrected chi connectivity index (χ0v) is 23.6. The number of likely N-dealkylation sites (tertiary alicyclic amines) is 1. The SMILES string of the molecule is COc1cc([C@@H]2c3sc(=O)[nH]c3SC3C(=O)N(CC(=O)O)C(=O)C32)ccc1OCC(=O)Nc1ccc(Cl)c(Cl)c1. The van der Waals surface area contributed by atoms with Gasteiger partial charge in [-0.05, 0) is 35.9 Å². The number of rotatable bonds is 8. The monoisotopic (exact) mass is 623 g/mol. The molecule has 3 aromatic rings. The Labute approximate surface area is 244 Å². The van der Waals surface area contributed by atoms with Crippen LogP contribution >= 0.6 is 46.3 Å². The van der Waals surface area contributed by atoms with E-state index in [0.717, 1.165) is 28.0 Å². The van der Waals surface area contributed by atoms with Crippen LogP contribution in [0.25, 0.3) is 0 Å². The maximum absolute atomic E-state index is 13.3. The van der Waals surface area contributed by atoms with Crippen LogP contribution in [0.2, 0.25) is 10.0 Å². The molecule has 2 aromatic carbocycles. The summed E-state index contributed by atoms with van der Waals surface area (Å²) in [5, 5.41) is 12.1. The third-order valence-electron chi connectivity index (χ3n) is 6.32. The number of benzene rings is 2. The quantitative estimate of drug-likeness (QED) is 0.320. The molecule has 2 aliphatic heterocycles. The molecule has 3 amide bonds. The van der Waals surface area contributed by atoms with Crippen LogP contribution < -0.4 is 19.7 Å². The van der Waals surface area contributed by atoms with Gasteiger partial charge >= 0.3 is 10.8 Å². The lowest BCUT2D eigenvalue weighted by molar-refractivity contribution is -0.149. The highest BCUT2D eigenvalue weighted by Crippen LogP contribution is 2.53. The second-order valence-corrected chi connectivity index (χ2v) is 11.8. The van der Waals surface area contributed by atoms with E-state index in [9.17, 15) is 29.1 Å². The number of carbonyl (C=O) groups is 4. The van der Waals surface area contributed by atoms with Crippen molar-refractivity contribution in [1.29, 1.82) is 0 Å². The largest absolute Gasteiger partial charge is 0.493 e. The summed E-state index contributed by atoms with van der Waals surface area (Å²) in [6.45, 7) is -1.11. The van der Waals surface area contributed by atoms with E-state index in [0.29, 0.717) is 26.2 Å². The topological polar surface area (TPSA) is 155 Å². The molecule has 1 fully saturated rings. The fourth-order valence-electron chi connectivity index (χ4n) is 4.64. The van der Waals surface area contributed by atoms with Crippen LogP contribution in [0.4, 0.5) is 5.69 Å². The van der Waals surface area contributed by atoms with E-state index in [2.05, 4.69) is 10.3 Å². The van der Waals surface area contributed by atoms with Gasteiger partial charge in [-0.1, -0.05) is 52.4 Å². The van der Waals surface area contributed by atoms with Crippen molar-refractivity contribution in [2.75, 3.05) is 25.6 Å². The standard InChI is InChI=1S/C25H19Cl2N3O8S2/c1-37-15-6-10(2-5-14(15)38-9-16(31)28-11-3-4-12(26)13(27)7-11)18-19-21(39-22-20(18)40-25(36)29-22)24(35)30(23(19)34)8-17(32)33/h2-7,18-19,21H,8-9H2,1H3,(H,28,31)(H,29,36)(H,32,33)/t18-,19?,21?/m0/s1. The number of carboxylic acid groups (broad SMARTS) is 1. The first-order chi connectivity index (χ1) is 19.1. The van der Waals surface area contributed by atoms with E-state index in [1.807, 2.05) is 0 Å². The highest BCUT2D eigenvalue weighted by molar-refractivity contribution is 8.00. The molecule has 0 saturated carbocycles. The van der Waals surface area contributed by atoms with Gasteiger partial charge in [0.1, 0.15) is 11.8 Å². The maximum atomic E-state index is 13.3. The van der Waals surface area contributed by atoms with Crippen LogP contribution in [0, 0.1) is 5.92 Å². The summed E-state index contributed by atoms with van der Waals surface area (Å²) in [5.74, 6) is -4.18. The van der Waals surface area contributed by atoms with E-state index in [1.54, 1.807) is 30.3 Å². The average Bonchev–Trinajstić information content (AvgIpc) is 3.39. The molecule has 11 nitrogen and oxygen atoms in total. The number of carbonyl (C=O) groups excluding carboxylic acids is 3. The Kier molecular flexibility index (Phi) is 7.82. The fourth-order valence-corrected chi connectivity index (χ4v) is 7.47. The Morgan fingerprint density at radius 3 is 2.55 bits per heavy atom. The van der Waals surface area contributed by atoms with Gasteiger partial charge in [-0.2, -0.15) is 0 Å². The first-order valence-electron chi connectivity index (χ1n) is 11.6. The van der Waals surface area contributed by atoms with Crippen molar-refractivity contribution in [3.8, 4) is 11.5 Å². The normalized spacial score (nSPS) is 19.7. The van der Waals surface area contributed by atoms with Gasteiger partial charge in [0.2, 0.25) is 11.8 Å². The molecule has 3 atom stereocenters. The van der Waals surface area contributed by atoms with Gasteiger partial charge in [0, 0.05) is 16.5 Å². The summed E-state index contributed by atoms with van der Waals surface area (Å²) >= 11 is 13.9. The number of H-pyrrole nitrogens is 1. The molecule has 1 aromatic heterocycles. The third kappa shape index (κ3) is 5.29. The Balaban J connectivity index is 1.41. The number of thiazole rings is 1. The van der Waals surface area contributed by atoms with Crippen LogP contribution in [-0.4, -0.2) is 64.2 Å². The lowest BCUT2D eigenvalue weighted by atomic mass is 9.83. The number of thioether (sulfide) groups is 1. The minimum Gasteiger partial charge on any atom is -0.493 e. The number of amides is 3. The highest BCUT2D eigenvalue weighted by atomic mass is 35.5. The zero-order chi connectivity index (χ0) is 28.7. The number of aliphatic carboxylic acids is 1. The van der Waals surface area contributed by atoms with Crippen LogP contribution in [0.3, 0.4) is 0 Å². The summed E-state index contributed by atoms with van der Waals surface area (Å²) in [7, 11) is 1.40. The minimum atomic E-state index is -1.31. The van der Waals surface area contributed by atoms with Crippen molar-refractivity contribution in [2.24, 2.45) is 5.92 Å². The fraction of sp³-hybridized carbons (Fsp3) is 0.240. The van der Waals surface area contributed by atoms with Crippen LogP contribution in [0.1, 0.15) is 16.4 Å². The number of hydrogen-bond donors (Lipinski definition) is 3. The minimum absolute atomic E-state index is 0.237. The second-order valence-electron chi connectivity index (χ2n) is 8.78. The Morgan fingerprint density at radius 2 is 1.85 bits per heavy atom. The van der Waals surface area contributed by atoms with E-state index >= 15 is 0 Å². The number of aromatic amines is 1. The molecule has 208 valence electrons. The third-order valence-corrected chi connectivity index (χ3v) is 9.46. The number of nitrogens with one attached hydrogen (secondary N) is 2. The average molecular weight is 624 g/mol. The maximum Gasteiger partial charge on any atom is 0.323 e. The van der Waals surface area contributed by atoms with Gasteiger partial charge in [-0.15, -0.1) is 0 Å². The van der Waals surface area contributed by atoms with Gasteiger partial charge in [0.05, 0.1) is 28.1 Å². The first-order valence-corrected chi connectivity index (χ1v) is 14.0. The molecular weight excluding hydrogens is 605 g/mol. The molecule has 2 unspecified atom stereocenters. The van der Waals surface area contributed by atoms with Crippen molar-refractivity contribution in [3.05, 3.63) is 66.6 Å². The lowest BCUT2D eigenvalue weighted by Crippen LogP contribution is -2.36. The van der Waals surface area contributed by atoms with E-state index in [1.165, 1.54) is 13.2 Å². The smallest absolute Gasteiger partial charge is 0.323 e. The predicted octanol–water partition coefficient (Wildman–Crippen LogP) is 3.45. The number of methoxy groups -OCH3 is 1. The van der Waals surface area contributed by atoms with Crippen molar-refractivity contribution in [2.45, 2.75) is 16.2 Å². The molecule has 2 aliphatic rings. The second kappa shape index (κ2) is 11.2. The molecule has 3 N–H and O–H groups in total. The van der Waals surface area contributed by atoms with E-state index < -0.39 is 47.3 Å². The number of hydrogen-bond acceptors (Lipinski definition) is 9. The van der Waals surface area contributed by atoms with Crippen LogP contribution in [-0.2, 0) is 19.2 Å². The molecule has 0 bridgehead atoms. The van der Waals surface area contributed by atoms with Crippen molar-refractivity contribution < 1.29 is 33.8 Å². The number of imide groups is 1. The highest BCUT2D eigenvalue weighted by Gasteiger charge is 2.56. The molecule has 40 heavy (non-hydrogen) atoms. The summed E-state index contributed by atoms with van der Waals surface area (Å²) < 4.78 is 11.2. The van der Waals surface area contributed by atoms with Gasteiger partial charge in [-0.3, -0.25) is 28.9 Å². The molecule has 3 heterocycles. The molecule has 0 aliphatic carbocycles. The van der Waals surface area contributed by atoms with Crippen molar-refractivity contribution in [3.63, 3.8) is 0 Å². The van der Waals surface area contributed by atoms with E-state index in [-0.39, 0.29) is 28.0 Å². The molecule has 0 spiro atoms. The number of carboxylic acids is 1. The van der Waals surface area contributed by atoms with Gasteiger partial charge in [0.15, 0.2) is 18.1 Å². The Bertz CT molecular complexity index is 1610. The number of fused-ring (bicyclic) bond motifs is 2. The molecular formula is C25H19Cl2N3O8S2. The number of ether oxygens (including phenoxy) is 2. The van der Waals surface area contributed by atoms with Gasteiger partial charge < -0.3 is 24.9 Å².